The van der Waals surface area contributed by atoms with E-state index >= 15 is 0 Å². The monoisotopic (exact) mass is 349 g/mol. The molecule has 2 atom stereocenters. The Labute approximate surface area is 143 Å². The molecule has 1 heterocycles. The molecule has 0 saturated heterocycles. The summed E-state index contributed by atoms with van der Waals surface area (Å²) < 4.78 is 5.05. The second-order valence-corrected chi connectivity index (χ2v) is 5.50. The first kappa shape index (κ1) is 18.5. The van der Waals surface area contributed by atoms with E-state index in [0.717, 1.165) is 12.1 Å². The number of ether oxygens (including phenoxy) is 1. The van der Waals surface area contributed by atoms with Gasteiger partial charge in [-0.15, -0.1) is 0 Å². The number of carbonyl (C=O) groups excluding carboxylic acids is 2. The minimum Gasteiger partial charge on any atom is -0.504 e. The van der Waals surface area contributed by atoms with Crippen LogP contribution in [0.3, 0.4) is 0 Å². The number of ketones is 1. The molecular formula is C17H19NO7. The summed E-state index contributed by atoms with van der Waals surface area (Å²) in [6.45, 7) is -0.0640. The van der Waals surface area contributed by atoms with Crippen LogP contribution < -0.4 is 5.73 Å². The van der Waals surface area contributed by atoms with Crippen LogP contribution in [0, 0.1) is 0 Å². The number of aromatic hydroxyl groups is 2. The van der Waals surface area contributed by atoms with Gasteiger partial charge < -0.3 is 30.9 Å². The van der Waals surface area contributed by atoms with E-state index in [0.29, 0.717) is 0 Å². The molecule has 0 spiro atoms. The maximum Gasteiger partial charge on any atom is 0.341 e. The van der Waals surface area contributed by atoms with Crippen LogP contribution in [0.4, 0.5) is 5.69 Å². The number of rotatable bonds is 0. The average Bonchev–Trinajstić information content (AvgIpc) is 2.56. The molecule has 1 aromatic rings. The number of benzene rings is 1. The van der Waals surface area contributed by atoms with Crippen molar-refractivity contribution in [3.05, 3.63) is 35.4 Å². The van der Waals surface area contributed by atoms with Crippen LogP contribution in [0.2, 0.25) is 0 Å². The minimum atomic E-state index is -1.60. The zero-order chi connectivity index (χ0) is 18.6. The number of anilines is 1. The van der Waals surface area contributed by atoms with Gasteiger partial charge in [0.05, 0.1) is 24.0 Å². The number of cyclic esters (lactones) is 1. The molecule has 8 nitrogen and oxygen atoms in total. The Kier molecular flexibility index (Phi) is 5.79. The van der Waals surface area contributed by atoms with Gasteiger partial charge in [-0.25, -0.2) is 4.79 Å². The van der Waals surface area contributed by atoms with Crippen molar-refractivity contribution in [1.29, 1.82) is 0 Å². The Morgan fingerprint density at radius 1 is 1.12 bits per heavy atom. The summed E-state index contributed by atoms with van der Waals surface area (Å²) in [6.07, 6.45) is 2.21. The zero-order valence-corrected chi connectivity index (χ0v) is 13.3. The van der Waals surface area contributed by atoms with Gasteiger partial charge >= 0.3 is 5.97 Å². The van der Waals surface area contributed by atoms with E-state index < -0.39 is 35.5 Å². The van der Waals surface area contributed by atoms with Gasteiger partial charge in [-0.1, -0.05) is 18.2 Å². The summed E-state index contributed by atoms with van der Waals surface area (Å²) >= 11 is 0. The van der Waals surface area contributed by atoms with Crippen molar-refractivity contribution in [3.8, 4) is 11.5 Å². The molecule has 0 saturated carbocycles. The minimum absolute atomic E-state index is 0.0640. The standard InChI is InChI=1S/C17H19NO7/c18-10-8-13(21)15(22)9-4-3-6-12(20)16(23)11(19)5-1-2-7-25-17(24)14(9)10/h1,3-5,8,12,16,20-23H,2,6-7,18H2/b4-3+,5-1-/t12-,16+/m0/s1. The first-order valence-electron chi connectivity index (χ1n) is 7.57. The van der Waals surface area contributed by atoms with E-state index in [1.807, 2.05) is 0 Å². The maximum absolute atomic E-state index is 12.2. The van der Waals surface area contributed by atoms with E-state index in [-0.39, 0.29) is 36.3 Å². The Balaban J connectivity index is 2.46. The Morgan fingerprint density at radius 2 is 1.84 bits per heavy atom. The predicted molar refractivity (Wildman–Crippen MR) is 88.9 cm³/mol. The fraction of sp³-hybridized carbons (Fsp3) is 0.294. The lowest BCUT2D eigenvalue weighted by molar-refractivity contribution is -0.127. The first-order chi connectivity index (χ1) is 11.8. The molecule has 1 aliphatic rings. The molecule has 1 aliphatic heterocycles. The molecule has 2 rings (SSSR count). The molecule has 8 heteroatoms. The van der Waals surface area contributed by atoms with Crippen molar-refractivity contribution >= 4 is 23.5 Å². The summed E-state index contributed by atoms with van der Waals surface area (Å²) in [5.41, 5.74) is 5.46. The third-order valence-electron chi connectivity index (χ3n) is 3.67. The van der Waals surface area contributed by atoms with Gasteiger partial charge in [-0.3, -0.25) is 4.79 Å². The van der Waals surface area contributed by atoms with Crippen molar-refractivity contribution in [3.63, 3.8) is 0 Å². The highest BCUT2D eigenvalue weighted by Gasteiger charge is 2.23. The van der Waals surface area contributed by atoms with Crippen molar-refractivity contribution in [2.45, 2.75) is 25.0 Å². The summed E-state index contributed by atoms with van der Waals surface area (Å²) in [4.78, 5) is 23.9. The van der Waals surface area contributed by atoms with Crippen LogP contribution in [-0.2, 0) is 9.53 Å². The number of carbonyl (C=O) groups is 2. The Morgan fingerprint density at radius 3 is 2.56 bits per heavy atom. The first-order valence-corrected chi connectivity index (χ1v) is 7.57. The molecular weight excluding hydrogens is 330 g/mol. The van der Waals surface area contributed by atoms with Gasteiger partial charge in [0.25, 0.3) is 0 Å². The number of phenols is 2. The van der Waals surface area contributed by atoms with Crippen molar-refractivity contribution in [1.82, 2.24) is 0 Å². The molecule has 0 bridgehead atoms. The molecule has 6 N–H and O–H groups in total. The van der Waals surface area contributed by atoms with Crippen LogP contribution >= 0.6 is 0 Å². The summed E-state index contributed by atoms with van der Waals surface area (Å²) in [5, 5.41) is 39.3. The van der Waals surface area contributed by atoms with Gasteiger partial charge in [0, 0.05) is 11.6 Å². The lowest BCUT2D eigenvalue weighted by Gasteiger charge is -2.15. The van der Waals surface area contributed by atoms with Gasteiger partial charge in [-0.2, -0.15) is 0 Å². The van der Waals surface area contributed by atoms with Crippen LogP contribution in [0.15, 0.2) is 24.3 Å². The third kappa shape index (κ3) is 4.17. The largest absolute Gasteiger partial charge is 0.504 e. The molecule has 1 aromatic carbocycles. The Bertz CT molecular complexity index is 739. The van der Waals surface area contributed by atoms with Crippen LogP contribution in [0.5, 0.6) is 11.5 Å². The number of nitrogens with two attached hydrogens (primary N) is 1. The lowest BCUT2D eigenvalue weighted by atomic mass is 10.0. The number of esters is 1. The summed E-state index contributed by atoms with van der Waals surface area (Å²) in [5.74, 6) is -2.57. The maximum atomic E-state index is 12.2. The quantitative estimate of drug-likeness (QED) is 0.196. The smallest absolute Gasteiger partial charge is 0.341 e. The number of fused-ring (bicyclic) bond motifs is 1. The Hall–Kier alpha value is -2.84. The highest BCUT2D eigenvalue weighted by molar-refractivity contribution is 6.01. The fourth-order valence-corrected chi connectivity index (χ4v) is 2.32. The highest BCUT2D eigenvalue weighted by Crippen LogP contribution is 2.37. The van der Waals surface area contributed by atoms with E-state index in [4.69, 9.17) is 10.5 Å². The zero-order valence-electron chi connectivity index (χ0n) is 13.3. The molecule has 25 heavy (non-hydrogen) atoms. The van der Waals surface area contributed by atoms with E-state index in [1.165, 1.54) is 18.2 Å². The third-order valence-corrected chi connectivity index (χ3v) is 3.67. The molecule has 0 aliphatic carbocycles. The SMILES string of the molecule is Nc1cc(O)c(O)c2c1C(=O)OCC/C=C\C(=O)[C@@H](O)[C@@H](O)C/C=C/2. The topological polar surface area (TPSA) is 150 Å². The molecule has 134 valence electrons. The number of aliphatic hydroxyl groups excluding tert-OH is 2. The normalized spacial score (nSPS) is 24.7. The van der Waals surface area contributed by atoms with Gasteiger partial charge in [-0.05, 0) is 18.9 Å². The van der Waals surface area contributed by atoms with Crippen LogP contribution in [-0.4, -0.2) is 51.0 Å². The second kappa shape index (κ2) is 7.82. The molecule has 0 aromatic heterocycles. The highest BCUT2D eigenvalue weighted by atomic mass is 16.5. The molecule has 0 radical (unpaired) electrons. The van der Waals surface area contributed by atoms with E-state index in [2.05, 4.69) is 0 Å². The van der Waals surface area contributed by atoms with Gasteiger partial charge in [0.2, 0.25) is 0 Å². The number of hydrogen-bond donors (Lipinski definition) is 5. The fourth-order valence-electron chi connectivity index (χ4n) is 2.32. The lowest BCUT2D eigenvalue weighted by Crippen LogP contribution is -2.32. The van der Waals surface area contributed by atoms with Crippen molar-refractivity contribution in [2.24, 2.45) is 0 Å². The van der Waals surface area contributed by atoms with Crippen molar-refractivity contribution in [2.75, 3.05) is 12.3 Å². The summed E-state index contributed by atoms with van der Waals surface area (Å²) in [6, 6.07) is 1.03. The van der Waals surface area contributed by atoms with E-state index in [1.54, 1.807) is 0 Å². The predicted octanol–water partition coefficient (Wildman–Crippen LogP) is 0.491. The van der Waals surface area contributed by atoms with Gasteiger partial charge in [0.15, 0.2) is 17.3 Å². The summed E-state index contributed by atoms with van der Waals surface area (Å²) in [7, 11) is 0. The number of nitrogen functional groups attached to an aromatic ring is 1. The van der Waals surface area contributed by atoms with Gasteiger partial charge in [0.1, 0.15) is 6.10 Å². The number of aliphatic hydroxyl groups is 2. The van der Waals surface area contributed by atoms with E-state index in [9.17, 15) is 30.0 Å². The van der Waals surface area contributed by atoms with Crippen LogP contribution in [0.1, 0.15) is 28.8 Å². The van der Waals surface area contributed by atoms with Crippen LogP contribution in [0.25, 0.3) is 6.08 Å². The number of hydrogen-bond acceptors (Lipinski definition) is 8. The molecule has 0 amide bonds. The molecule has 0 fully saturated rings. The van der Waals surface area contributed by atoms with Crippen molar-refractivity contribution < 1.29 is 34.8 Å². The molecule has 0 unspecified atom stereocenters. The second-order valence-electron chi connectivity index (χ2n) is 5.50. The number of phenolic OH excluding ortho intramolecular Hbond substituents is 2. The average molecular weight is 349 g/mol.